The van der Waals surface area contributed by atoms with E-state index in [4.69, 9.17) is 9.47 Å². The molecule has 30 heavy (non-hydrogen) atoms. The number of piperidine rings is 3. The molecule has 0 radical (unpaired) electrons. The number of pyridine rings is 1. The molecule has 0 aliphatic carbocycles. The number of hydrogen-bond donors (Lipinski definition) is 1. The van der Waals surface area contributed by atoms with Gasteiger partial charge in [0.25, 0.3) is 0 Å². The number of amides is 1. The van der Waals surface area contributed by atoms with Crippen LogP contribution in [0.4, 0.5) is 4.79 Å². The van der Waals surface area contributed by atoms with Crippen molar-refractivity contribution in [1.29, 1.82) is 0 Å². The van der Waals surface area contributed by atoms with Crippen molar-refractivity contribution in [1.82, 2.24) is 15.2 Å². The third-order valence-corrected chi connectivity index (χ3v) is 6.78. The summed E-state index contributed by atoms with van der Waals surface area (Å²) in [6.07, 6.45) is 3.71. The lowest BCUT2D eigenvalue weighted by Gasteiger charge is -2.44. The largest absolute Gasteiger partial charge is 0.493 e. The monoisotopic (exact) mass is 407 g/mol. The first kappa shape index (κ1) is 19.4. The summed E-state index contributed by atoms with van der Waals surface area (Å²) in [4.78, 5) is 19.7. The Labute approximate surface area is 177 Å². The van der Waals surface area contributed by atoms with Gasteiger partial charge in [0.05, 0.1) is 18.3 Å². The number of fused-ring (bicyclic) bond motifs is 4. The van der Waals surface area contributed by atoms with Gasteiger partial charge in [-0.15, -0.1) is 0 Å². The topological polar surface area (TPSA) is 63.7 Å². The van der Waals surface area contributed by atoms with E-state index in [1.54, 1.807) is 6.20 Å². The molecule has 6 rings (SSSR count). The molecule has 4 aliphatic rings. The number of alkyl carbamates (subject to hydrolysis) is 1. The molecule has 0 spiro atoms. The lowest BCUT2D eigenvalue weighted by atomic mass is 9.78. The van der Waals surface area contributed by atoms with Crippen LogP contribution in [0.1, 0.15) is 38.3 Å². The number of benzene rings is 1. The van der Waals surface area contributed by atoms with E-state index < -0.39 is 0 Å². The SMILES string of the molecule is CC1(C)COc2cc(-c3ccccn3)ccc2C1NC(=O)O[C@H]1CN2CCC1CC2. The van der Waals surface area contributed by atoms with E-state index in [9.17, 15) is 4.79 Å². The van der Waals surface area contributed by atoms with Gasteiger partial charge in [-0.25, -0.2) is 4.79 Å². The third-order valence-electron chi connectivity index (χ3n) is 6.78. The Morgan fingerprint density at radius 2 is 2.07 bits per heavy atom. The van der Waals surface area contributed by atoms with E-state index >= 15 is 0 Å². The molecule has 6 nitrogen and oxygen atoms in total. The Kier molecular flexibility index (Phi) is 4.89. The van der Waals surface area contributed by atoms with Crippen LogP contribution in [-0.4, -0.2) is 48.3 Å². The van der Waals surface area contributed by atoms with Crippen molar-refractivity contribution in [2.75, 3.05) is 26.2 Å². The zero-order valence-corrected chi connectivity index (χ0v) is 17.6. The summed E-state index contributed by atoms with van der Waals surface area (Å²) in [5.74, 6) is 1.29. The Balaban J connectivity index is 1.35. The molecule has 4 aliphatic heterocycles. The number of carbonyl (C=O) groups is 1. The number of hydrogen-bond acceptors (Lipinski definition) is 5. The number of ether oxygens (including phenoxy) is 2. The van der Waals surface area contributed by atoms with Crippen LogP contribution in [0, 0.1) is 11.3 Å². The fraction of sp³-hybridized carbons (Fsp3) is 0.500. The van der Waals surface area contributed by atoms with Crippen molar-refractivity contribution in [2.24, 2.45) is 11.3 Å². The Morgan fingerprint density at radius 3 is 2.77 bits per heavy atom. The van der Waals surface area contributed by atoms with Gasteiger partial charge in [-0.3, -0.25) is 9.88 Å². The number of nitrogens with one attached hydrogen (secondary N) is 1. The highest BCUT2D eigenvalue weighted by Gasteiger charge is 2.41. The molecule has 2 atom stereocenters. The van der Waals surface area contributed by atoms with Crippen molar-refractivity contribution in [3.63, 3.8) is 0 Å². The van der Waals surface area contributed by atoms with E-state index in [2.05, 4.69) is 29.0 Å². The van der Waals surface area contributed by atoms with Crippen LogP contribution >= 0.6 is 0 Å². The molecule has 5 heterocycles. The van der Waals surface area contributed by atoms with Crippen LogP contribution in [0.5, 0.6) is 5.75 Å². The van der Waals surface area contributed by atoms with Crippen molar-refractivity contribution < 1.29 is 14.3 Å². The average molecular weight is 408 g/mol. The summed E-state index contributed by atoms with van der Waals surface area (Å²) in [5, 5.41) is 3.16. The Morgan fingerprint density at radius 1 is 1.23 bits per heavy atom. The first-order valence-corrected chi connectivity index (χ1v) is 10.9. The average Bonchev–Trinajstić information content (AvgIpc) is 2.77. The van der Waals surface area contributed by atoms with Crippen LogP contribution in [0.25, 0.3) is 11.3 Å². The van der Waals surface area contributed by atoms with E-state index in [0.29, 0.717) is 12.5 Å². The standard InChI is InChI=1S/C24H29N3O3/c1-24(2)15-29-20-13-17(19-5-3-4-10-25-19)6-7-18(20)22(24)26-23(28)30-21-14-27-11-8-16(21)9-12-27/h3-7,10,13,16,21-22H,8-9,11-12,14-15H2,1-2H3,(H,26,28)/t21-,22?/m0/s1. The predicted molar refractivity (Wildman–Crippen MR) is 114 cm³/mol. The van der Waals surface area contributed by atoms with Gasteiger partial charge in [-0.2, -0.15) is 0 Å². The minimum absolute atomic E-state index is 0.00135. The van der Waals surface area contributed by atoms with Crippen molar-refractivity contribution in [3.05, 3.63) is 48.2 Å². The smallest absolute Gasteiger partial charge is 0.407 e. The highest BCUT2D eigenvalue weighted by molar-refractivity contribution is 5.69. The molecule has 2 aromatic rings. The second-order valence-electron chi connectivity index (χ2n) is 9.40. The van der Waals surface area contributed by atoms with Crippen LogP contribution in [0.15, 0.2) is 42.6 Å². The van der Waals surface area contributed by atoms with E-state index in [-0.39, 0.29) is 23.7 Å². The van der Waals surface area contributed by atoms with Crippen LogP contribution < -0.4 is 10.1 Å². The molecule has 3 saturated heterocycles. The van der Waals surface area contributed by atoms with Crippen molar-refractivity contribution in [2.45, 2.75) is 38.8 Å². The number of rotatable bonds is 3. The lowest BCUT2D eigenvalue weighted by Crippen LogP contribution is -2.53. The zero-order valence-electron chi connectivity index (χ0n) is 17.6. The summed E-state index contributed by atoms with van der Waals surface area (Å²) in [7, 11) is 0. The second-order valence-corrected chi connectivity index (χ2v) is 9.40. The molecule has 0 saturated carbocycles. The van der Waals surface area contributed by atoms with Gasteiger partial charge in [-0.1, -0.05) is 32.0 Å². The number of nitrogens with zero attached hydrogens (tertiary/aromatic N) is 2. The summed E-state index contributed by atoms with van der Waals surface area (Å²) < 4.78 is 12.0. The molecule has 1 aromatic heterocycles. The molecular weight excluding hydrogens is 378 g/mol. The normalized spacial score (nSPS) is 28.9. The fourth-order valence-electron chi connectivity index (χ4n) is 4.97. The number of carbonyl (C=O) groups excluding carboxylic acids is 1. The predicted octanol–water partition coefficient (Wildman–Crippen LogP) is 4.03. The molecule has 1 unspecified atom stereocenters. The van der Waals surface area contributed by atoms with E-state index in [1.807, 2.05) is 36.4 Å². The molecule has 1 N–H and O–H groups in total. The molecule has 1 amide bonds. The van der Waals surface area contributed by atoms with Gasteiger partial charge < -0.3 is 14.8 Å². The van der Waals surface area contributed by atoms with Gasteiger partial charge in [0.1, 0.15) is 11.9 Å². The van der Waals surface area contributed by atoms with Gasteiger partial charge in [0, 0.05) is 29.3 Å². The first-order chi connectivity index (χ1) is 14.5. The molecule has 3 fully saturated rings. The highest BCUT2D eigenvalue weighted by Crippen LogP contribution is 2.44. The van der Waals surface area contributed by atoms with Crippen molar-refractivity contribution in [3.8, 4) is 17.0 Å². The molecule has 6 heteroatoms. The first-order valence-electron chi connectivity index (χ1n) is 10.9. The van der Waals surface area contributed by atoms with Gasteiger partial charge in [-0.05, 0) is 50.0 Å². The van der Waals surface area contributed by atoms with Crippen LogP contribution in [0.2, 0.25) is 0 Å². The minimum Gasteiger partial charge on any atom is -0.493 e. The van der Waals surface area contributed by atoms with Gasteiger partial charge in [0.15, 0.2) is 0 Å². The third kappa shape index (κ3) is 3.65. The van der Waals surface area contributed by atoms with Crippen molar-refractivity contribution >= 4 is 6.09 Å². The Bertz CT molecular complexity index is 923. The maximum atomic E-state index is 12.8. The van der Waals surface area contributed by atoms with E-state index in [1.165, 1.54) is 0 Å². The summed E-state index contributed by atoms with van der Waals surface area (Å²) in [5.41, 5.74) is 2.65. The maximum absolute atomic E-state index is 12.8. The lowest BCUT2D eigenvalue weighted by molar-refractivity contribution is -0.0361. The van der Waals surface area contributed by atoms with Crippen LogP contribution in [-0.2, 0) is 4.74 Å². The number of aromatic nitrogens is 1. The quantitative estimate of drug-likeness (QED) is 0.832. The highest BCUT2D eigenvalue weighted by atomic mass is 16.6. The van der Waals surface area contributed by atoms with Gasteiger partial charge >= 0.3 is 6.09 Å². The molecule has 158 valence electrons. The Hall–Kier alpha value is -2.60. The second kappa shape index (κ2) is 7.58. The van der Waals surface area contributed by atoms with Crippen LogP contribution in [0.3, 0.4) is 0 Å². The summed E-state index contributed by atoms with van der Waals surface area (Å²) in [6, 6.07) is 11.8. The molecular formula is C24H29N3O3. The summed E-state index contributed by atoms with van der Waals surface area (Å²) >= 11 is 0. The van der Waals surface area contributed by atoms with E-state index in [0.717, 1.165) is 55.0 Å². The molecule has 2 bridgehead atoms. The minimum atomic E-state index is -0.325. The summed E-state index contributed by atoms with van der Waals surface area (Å²) in [6.45, 7) is 7.87. The maximum Gasteiger partial charge on any atom is 0.407 e. The zero-order chi connectivity index (χ0) is 20.7. The molecule has 1 aromatic carbocycles. The van der Waals surface area contributed by atoms with Gasteiger partial charge in [0.2, 0.25) is 0 Å². The fourth-order valence-corrected chi connectivity index (χ4v) is 4.97.